The van der Waals surface area contributed by atoms with Gasteiger partial charge in [0.05, 0.1) is 21.0 Å². The molecule has 0 aliphatic rings. The lowest BCUT2D eigenvalue weighted by atomic mass is 10.2. The molecule has 0 aliphatic carbocycles. The maximum Gasteiger partial charge on any atom is 0.234 e. The number of hydrogen-bond donors (Lipinski definition) is 1. The fourth-order valence-corrected chi connectivity index (χ4v) is 6.17. The number of aromatic nitrogens is 4. The Morgan fingerprint density at radius 3 is 2.59 bits per heavy atom. The first-order valence-electron chi connectivity index (χ1n) is 12.6. The normalized spacial score (nSPS) is 12.0. The second kappa shape index (κ2) is 11.8. The van der Waals surface area contributed by atoms with Crippen LogP contribution >= 0.6 is 34.7 Å². The number of fused-ring (bicyclic) bond motifs is 1. The summed E-state index contributed by atoms with van der Waals surface area (Å²) in [5, 5.41) is 13.8. The van der Waals surface area contributed by atoms with Crippen LogP contribution in [0, 0.1) is 13.8 Å². The summed E-state index contributed by atoms with van der Waals surface area (Å²) in [6.45, 7) is 8.64. The molecule has 0 spiro atoms. The third-order valence-electron chi connectivity index (χ3n) is 6.11. The average Bonchev–Trinajstić information content (AvgIpc) is 3.53. The van der Waals surface area contributed by atoms with Crippen molar-refractivity contribution in [1.29, 1.82) is 0 Å². The van der Waals surface area contributed by atoms with Gasteiger partial charge < -0.3 is 14.6 Å². The fraction of sp³-hybridized carbons (Fsp3) is 0.241. The molecule has 2 heterocycles. The van der Waals surface area contributed by atoms with Crippen LogP contribution in [-0.4, -0.2) is 31.4 Å². The van der Waals surface area contributed by atoms with Crippen LogP contribution in [0.5, 0.6) is 5.75 Å². The molecule has 0 aliphatic heterocycles. The van der Waals surface area contributed by atoms with E-state index >= 15 is 0 Å². The number of amides is 1. The van der Waals surface area contributed by atoms with E-state index < -0.39 is 0 Å². The molecule has 39 heavy (non-hydrogen) atoms. The lowest BCUT2D eigenvalue weighted by Crippen LogP contribution is -2.15. The van der Waals surface area contributed by atoms with Crippen molar-refractivity contribution in [3.63, 3.8) is 0 Å². The minimum absolute atomic E-state index is 0.119. The Balaban J connectivity index is 1.20. The standard InChI is InChI=1S/C29H28ClN5O2S2/c1-5-35-27(19(4)37-24-14-17(2)6-12-22(24)30)33-34-29(35)38-16-26(36)31-21-10-8-20(9-11-21)28-32-23-13-7-18(3)15-25(23)39-28/h6-15,19H,5,16H2,1-4H3,(H,31,36). The van der Waals surface area contributed by atoms with Crippen LogP contribution in [-0.2, 0) is 11.3 Å². The lowest BCUT2D eigenvalue weighted by molar-refractivity contribution is -0.113. The molecular weight excluding hydrogens is 550 g/mol. The molecule has 0 bridgehead atoms. The Morgan fingerprint density at radius 2 is 1.82 bits per heavy atom. The van der Waals surface area contributed by atoms with Crippen molar-refractivity contribution in [3.8, 4) is 16.3 Å². The van der Waals surface area contributed by atoms with Crippen molar-refractivity contribution in [2.75, 3.05) is 11.1 Å². The van der Waals surface area contributed by atoms with Gasteiger partial charge in [-0.15, -0.1) is 21.5 Å². The minimum atomic E-state index is -0.363. The number of nitrogens with zero attached hydrogens (tertiary/aromatic N) is 4. The van der Waals surface area contributed by atoms with Gasteiger partial charge in [0.25, 0.3) is 0 Å². The molecule has 200 valence electrons. The topological polar surface area (TPSA) is 81.9 Å². The number of anilines is 1. The Morgan fingerprint density at radius 1 is 1.08 bits per heavy atom. The molecule has 1 atom stereocenters. The molecule has 0 saturated heterocycles. The number of hydrogen-bond acceptors (Lipinski definition) is 7. The van der Waals surface area contributed by atoms with Crippen LogP contribution < -0.4 is 10.1 Å². The van der Waals surface area contributed by atoms with Crippen molar-refractivity contribution < 1.29 is 9.53 Å². The Bertz CT molecular complexity index is 1630. The molecule has 10 heteroatoms. The molecule has 0 saturated carbocycles. The van der Waals surface area contributed by atoms with E-state index in [-0.39, 0.29) is 17.8 Å². The molecular formula is C29H28ClN5O2S2. The van der Waals surface area contributed by atoms with Crippen molar-refractivity contribution in [2.24, 2.45) is 0 Å². The van der Waals surface area contributed by atoms with E-state index in [9.17, 15) is 4.79 Å². The van der Waals surface area contributed by atoms with Crippen LogP contribution in [0.25, 0.3) is 20.8 Å². The summed E-state index contributed by atoms with van der Waals surface area (Å²) in [4.78, 5) is 17.4. The van der Waals surface area contributed by atoms with Gasteiger partial charge in [0.1, 0.15) is 10.8 Å². The molecule has 1 unspecified atom stereocenters. The molecule has 7 nitrogen and oxygen atoms in total. The highest BCUT2D eigenvalue weighted by Gasteiger charge is 2.20. The summed E-state index contributed by atoms with van der Waals surface area (Å²) in [5.41, 5.74) is 5.03. The summed E-state index contributed by atoms with van der Waals surface area (Å²) in [6, 6.07) is 19.7. The smallest absolute Gasteiger partial charge is 0.234 e. The largest absolute Gasteiger partial charge is 0.481 e. The zero-order chi connectivity index (χ0) is 27.5. The van der Waals surface area contributed by atoms with E-state index in [0.717, 1.165) is 27.3 Å². The fourth-order valence-electron chi connectivity index (χ4n) is 4.13. The molecule has 5 rings (SSSR count). The van der Waals surface area contributed by atoms with Crippen LogP contribution in [0.1, 0.15) is 36.9 Å². The van der Waals surface area contributed by atoms with Gasteiger partial charge in [0.15, 0.2) is 17.1 Å². The van der Waals surface area contributed by atoms with Gasteiger partial charge in [-0.25, -0.2) is 4.98 Å². The highest BCUT2D eigenvalue weighted by atomic mass is 35.5. The first-order chi connectivity index (χ1) is 18.8. The number of benzene rings is 3. The Hall–Kier alpha value is -3.40. The number of aryl methyl sites for hydroxylation is 2. The number of rotatable bonds is 9. The molecule has 1 N–H and O–H groups in total. The minimum Gasteiger partial charge on any atom is -0.481 e. The predicted octanol–water partition coefficient (Wildman–Crippen LogP) is 7.72. The van der Waals surface area contributed by atoms with Crippen molar-refractivity contribution in [3.05, 3.63) is 82.6 Å². The summed E-state index contributed by atoms with van der Waals surface area (Å²) in [6.07, 6.45) is -0.363. The van der Waals surface area contributed by atoms with Crippen molar-refractivity contribution >= 4 is 56.5 Å². The summed E-state index contributed by atoms with van der Waals surface area (Å²) < 4.78 is 9.22. The van der Waals surface area contributed by atoms with Gasteiger partial charge in [-0.3, -0.25) is 4.79 Å². The first-order valence-corrected chi connectivity index (χ1v) is 14.7. The monoisotopic (exact) mass is 577 g/mol. The molecule has 1 amide bonds. The SMILES string of the molecule is CCn1c(SCC(=O)Nc2ccc(-c3nc4ccc(C)cc4s3)cc2)nnc1C(C)Oc1cc(C)ccc1Cl. The number of carbonyl (C=O) groups excluding carboxylic acids is 1. The maximum absolute atomic E-state index is 12.7. The second-order valence-electron chi connectivity index (χ2n) is 9.18. The van der Waals surface area contributed by atoms with Gasteiger partial charge in [-0.1, -0.05) is 35.5 Å². The highest BCUT2D eigenvalue weighted by Crippen LogP contribution is 2.32. The van der Waals surface area contributed by atoms with E-state index in [4.69, 9.17) is 21.3 Å². The number of halogens is 1. The van der Waals surface area contributed by atoms with E-state index in [1.807, 2.05) is 73.9 Å². The molecule has 5 aromatic rings. The lowest BCUT2D eigenvalue weighted by Gasteiger charge is -2.16. The third kappa shape index (κ3) is 6.27. The van der Waals surface area contributed by atoms with Crippen LogP contribution in [0.4, 0.5) is 5.69 Å². The van der Waals surface area contributed by atoms with E-state index in [2.05, 4.69) is 34.6 Å². The first kappa shape index (κ1) is 27.2. The highest BCUT2D eigenvalue weighted by molar-refractivity contribution is 7.99. The number of thiazole rings is 1. The Labute approximate surface area is 240 Å². The average molecular weight is 578 g/mol. The van der Waals surface area contributed by atoms with E-state index in [1.54, 1.807) is 11.3 Å². The van der Waals surface area contributed by atoms with Crippen molar-refractivity contribution in [1.82, 2.24) is 19.7 Å². The van der Waals surface area contributed by atoms with Gasteiger partial charge in [0, 0.05) is 17.8 Å². The number of nitrogens with one attached hydrogen (secondary N) is 1. The zero-order valence-electron chi connectivity index (χ0n) is 22.1. The van der Waals surface area contributed by atoms with Crippen molar-refractivity contribution in [2.45, 2.75) is 45.5 Å². The quantitative estimate of drug-likeness (QED) is 0.181. The molecule has 2 aromatic heterocycles. The third-order valence-corrected chi connectivity index (χ3v) is 8.45. The number of ether oxygens (including phenoxy) is 1. The number of thioether (sulfide) groups is 1. The molecule has 3 aromatic carbocycles. The predicted molar refractivity (Wildman–Crippen MR) is 160 cm³/mol. The van der Waals surface area contributed by atoms with Crippen LogP contribution in [0.15, 0.2) is 65.8 Å². The van der Waals surface area contributed by atoms with Crippen LogP contribution in [0.3, 0.4) is 0 Å². The van der Waals surface area contributed by atoms with Gasteiger partial charge in [-0.05, 0) is 87.4 Å². The van der Waals surface area contributed by atoms with Gasteiger partial charge in [0.2, 0.25) is 5.91 Å². The van der Waals surface area contributed by atoms with E-state index in [1.165, 1.54) is 22.0 Å². The van der Waals surface area contributed by atoms with Gasteiger partial charge >= 0.3 is 0 Å². The maximum atomic E-state index is 12.7. The Kier molecular flexibility index (Phi) is 8.20. The number of carbonyl (C=O) groups is 1. The van der Waals surface area contributed by atoms with E-state index in [0.29, 0.717) is 28.3 Å². The van der Waals surface area contributed by atoms with Gasteiger partial charge in [-0.2, -0.15) is 0 Å². The second-order valence-corrected chi connectivity index (χ2v) is 11.6. The molecule has 0 radical (unpaired) electrons. The summed E-state index contributed by atoms with van der Waals surface area (Å²) in [7, 11) is 0. The summed E-state index contributed by atoms with van der Waals surface area (Å²) >= 11 is 9.31. The molecule has 0 fully saturated rings. The van der Waals surface area contributed by atoms with Crippen LogP contribution in [0.2, 0.25) is 5.02 Å². The summed E-state index contributed by atoms with van der Waals surface area (Å²) in [5.74, 6) is 1.37. The zero-order valence-corrected chi connectivity index (χ0v) is 24.5.